The number of aliphatic hydroxyl groups is 1. The summed E-state index contributed by atoms with van der Waals surface area (Å²) in [6.07, 6.45) is -5.97. The largest absolute Gasteiger partial charge is 0.419 e. The van der Waals surface area contributed by atoms with Gasteiger partial charge in [0.05, 0.1) is 5.56 Å². The van der Waals surface area contributed by atoms with E-state index in [2.05, 4.69) is 15.9 Å². The third-order valence-corrected chi connectivity index (χ3v) is 4.26. The molecule has 112 valence electrons. The fraction of sp³-hybridized carbons (Fsp3) is 0.143. The first-order valence-electron chi connectivity index (χ1n) is 5.70. The normalized spacial score (nSPS) is 13.3. The minimum atomic E-state index is -4.75. The van der Waals surface area contributed by atoms with Crippen LogP contribution in [0.3, 0.4) is 0 Å². The third kappa shape index (κ3) is 3.75. The van der Waals surface area contributed by atoms with E-state index in [1.165, 1.54) is 0 Å². The lowest BCUT2D eigenvalue weighted by Crippen LogP contribution is -2.10. The summed E-state index contributed by atoms with van der Waals surface area (Å²) in [6.45, 7) is 0. The number of hydrogen-bond donors (Lipinski definition) is 1. The van der Waals surface area contributed by atoms with Crippen molar-refractivity contribution in [3.05, 3.63) is 66.9 Å². The van der Waals surface area contributed by atoms with E-state index in [1.54, 1.807) is 18.2 Å². The summed E-state index contributed by atoms with van der Waals surface area (Å²) in [5.74, 6) is -1.40. The van der Waals surface area contributed by atoms with Crippen LogP contribution in [0.2, 0.25) is 0 Å². The Hall–Kier alpha value is -0.670. The molecule has 0 amide bonds. The van der Waals surface area contributed by atoms with Crippen LogP contribution in [0.5, 0.6) is 0 Å². The number of hydrogen-bond acceptors (Lipinski definition) is 1. The van der Waals surface area contributed by atoms with Crippen molar-refractivity contribution in [3.8, 4) is 0 Å². The second-order valence-corrected chi connectivity index (χ2v) is 6.41. The predicted octanol–water partition coefficient (Wildman–Crippen LogP) is 5.29. The molecule has 0 spiro atoms. The van der Waals surface area contributed by atoms with Crippen molar-refractivity contribution in [2.75, 3.05) is 0 Å². The van der Waals surface area contributed by atoms with Gasteiger partial charge in [0.1, 0.15) is 11.9 Å². The average molecular weight is 475 g/mol. The van der Waals surface area contributed by atoms with E-state index in [4.69, 9.17) is 0 Å². The van der Waals surface area contributed by atoms with Gasteiger partial charge in [-0.25, -0.2) is 4.39 Å². The standard InChI is InChI=1S/C14H8BrF4IO/c15-11-4-2-8(20)6-9(11)13(21)7-1-3-10(12(16)5-7)14(17,18)19/h1-6,13,21H. The zero-order chi connectivity index (χ0) is 15.8. The fourth-order valence-electron chi connectivity index (χ4n) is 1.84. The Bertz CT molecular complexity index is 673. The SMILES string of the molecule is OC(c1ccc(C(F)(F)F)c(F)c1)c1cc(I)ccc1Br. The van der Waals surface area contributed by atoms with Gasteiger partial charge in [-0.05, 0) is 58.5 Å². The van der Waals surface area contributed by atoms with E-state index in [9.17, 15) is 22.7 Å². The van der Waals surface area contributed by atoms with Crippen molar-refractivity contribution in [3.63, 3.8) is 0 Å². The number of alkyl halides is 3. The average Bonchev–Trinajstić information content (AvgIpc) is 2.39. The van der Waals surface area contributed by atoms with Gasteiger partial charge in [-0.15, -0.1) is 0 Å². The molecule has 1 N–H and O–H groups in total. The first-order chi connectivity index (χ1) is 9.70. The Morgan fingerprint density at radius 2 is 1.76 bits per heavy atom. The summed E-state index contributed by atoms with van der Waals surface area (Å²) in [4.78, 5) is 0. The molecule has 2 aromatic rings. The highest BCUT2D eigenvalue weighted by Gasteiger charge is 2.34. The topological polar surface area (TPSA) is 20.2 Å². The summed E-state index contributed by atoms with van der Waals surface area (Å²) < 4.78 is 52.5. The van der Waals surface area contributed by atoms with E-state index in [1.807, 2.05) is 22.6 Å². The molecule has 0 radical (unpaired) electrons. The Balaban J connectivity index is 2.43. The molecule has 21 heavy (non-hydrogen) atoms. The molecule has 0 fully saturated rings. The lowest BCUT2D eigenvalue weighted by atomic mass is 10.00. The fourth-order valence-corrected chi connectivity index (χ4v) is 2.81. The molecule has 0 bridgehead atoms. The number of aliphatic hydroxyl groups excluding tert-OH is 1. The first kappa shape index (κ1) is 16.7. The van der Waals surface area contributed by atoms with Crippen LogP contribution in [-0.4, -0.2) is 5.11 Å². The zero-order valence-corrected chi connectivity index (χ0v) is 14.0. The molecule has 1 atom stereocenters. The van der Waals surface area contributed by atoms with Crippen LogP contribution in [0, 0.1) is 9.39 Å². The van der Waals surface area contributed by atoms with Crippen LogP contribution < -0.4 is 0 Å². The van der Waals surface area contributed by atoms with Crippen LogP contribution in [0.25, 0.3) is 0 Å². The second-order valence-electron chi connectivity index (χ2n) is 4.31. The van der Waals surface area contributed by atoms with Gasteiger partial charge in [0.2, 0.25) is 0 Å². The summed E-state index contributed by atoms with van der Waals surface area (Å²) in [5.41, 5.74) is -0.829. The van der Waals surface area contributed by atoms with Crippen molar-refractivity contribution >= 4 is 38.5 Å². The van der Waals surface area contributed by atoms with Crippen LogP contribution in [0.4, 0.5) is 17.6 Å². The molecule has 0 aliphatic heterocycles. The Kier molecular flexibility index (Phi) is 4.94. The third-order valence-electron chi connectivity index (χ3n) is 2.87. The van der Waals surface area contributed by atoms with Gasteiger partial charge in [0, 0.05) is 13.6 Å². The molecule has 0 aliphatic carbocycles. The molecule has 7 heteroatoms. The quantitative estimate of drug-likeness (QED) is 0.463. The lowest BCUT2D eigenvalue weighted by Gasteiger charge is -2.15. The Morgan fingerprint density at radius 1 is 1.10 bits per heavy atom. The highest BCUT2D eigenvalue weighted by molar-refractivity contribution is 14.1. The molecular formula is C14H8BrF4IO. The zero-order valence-electron chi connectivity index (χ0n) is 10.3. The minimum absolute atomic E-state index is 0.0585. The van der Waals surface area contributed by atoms with Gasteiger partial charge in [-0.1, -0.05) is 22.0 Å². The molecule has 0 heterocycles. The molecule has 1 nitrogen and oxygen atoms in total. The van der Waals surface area contributed by atoms with Crippen LogP contribution in [0.1, 0.15) is 22.8 Å². The highest BCUT2D eigenvalue weighted by Crippen LogP contribution is 2.35. The predicted molar refractivity (Wildman–Crippen MR) is 82.3 cm³/mol. The summed E-state index contributed by atoms with van der Waals surface area (Å²) in [6, 6.07) is 7.60. The van der Waals surface area contributed by atoms with Gasteiger partial charge in [0.15, 0.2) is 0 Å². The van der Waals surface area contributed by atoms with E-state index in [0.29, 0.717) is 22.2 Å². The van der Waals surface area contributed by atoms with Crippen molar-refractivity contribution in [1.29, 1.82) is 0 Å². The van der Waals surface area contributed by atoms with E-state index in [-0.39, 0.29) is 5.56 Å². The number of halogens is 6. The van der Waals surface area contributed by atoms with Gasteiger partial charge in [0.25, 0.3) is 0 Å². The molecule has 1 unspecified atom stereocenters. The smallest absolute Gasteiger partial charge is 0.384 e. The maximum absolute atomic E-state index is 13.6. The summed E-state index contributed by atoms with van der Waals surface area (Å²) in [5, 5.41) is 10.2. The van der Waals surface area contributed by atoms with E-state index >= 15 is 0 Å². The molecule has 0 aromatic heterocycles. The highest BCUT2D eigenvalue weighted by atomic mass is 127. The molecule has 0 aliphatic rings. The number of benzene rings is 2. The molecule has 2 aromatic carbocycles. The molecular weight excluding hydrogens is 467 g/mol. The minimum Gasteiger partial charge on any atom is -0.384 e. The van der Waals surface area contributed by atoms with Crippen molar-refractivity contribution in [2.45, 2.75) is 12.3 Å². The van der Waals surface area contributed by atoms with Crippen molar-refractivity contribution < 1.29 is 22.7 Å². The number of rotatable bonds is 2. The maximum Gasteiger partial charge on any atom is 0.419 e. The Labute approximate surface area is 140 Å². The summed E-state index contributed by atoms with van der Waals surface area (Å²) >= 11 is 5.30. The van der Waals surface area contributed by atoms with Crippen LogP contribution >= 0.6 is 38.5 Å². The van der Waals surface area contributed by atoms with Crippen molar-refractivity contribution in [1.82, 2.24) is 0 Å². The lowest BCUT2D eigenvalue weighted by molar-refractivity contribution is -0.140. The van der Waals surface area contributed by atoms with Gasteiger partial charge < -0.3 is 5.11 Å². The molecule has 0 saturated carbocycles. The van der Waals surface area contributed by atoms with Gasteiger partial charge >= 0.3 is 6.18 Å². The molecule has 2 rings (SSSR count). The Morgan fingerprint density at radius 3 is 2.33 bits per heavy atom. The van der Waals surface area contributed by atoms with Crippen molar-refractivity contribution in [2.24, 2.45) is 0 Å². The van der Waals surface area contributed by atoms with Crippen LogP contribution in [0.15, 0.2) is 40.9 Å². The van der Waals surface area contributed by atoms with E-state index in [0.717, 1.165) is 9.64 Å². The molecule has 0 saturated heterocycles. The van der Waals surface area contributed by atoms with Crippen LogP contribution in [-0.2, 0) is 6.18 Å². The monoisotopic (exact) mass is 474 g/mol. The second kappa shape index (κ2) is 6.21. The van der Waals surface area contributed by atoms with E-state index < -0.39 is 23.7 Å². The van der Waals surface area contributed by atoms with Gasteiger partial charge in [-0.3, -0.25) is 0 Å². The maximum atomic E-state index is 13.6. The van der Waals surface area contributed by atoms with Gasteiger partial charge in [-0.2, -0.15) is 13.2 Å². The summed E-state index contributed by atoms with van der Waals surface area (Å²) in [7, 11) is 0. The first-order valence-corrected chi connectivity index (χ1v) is 7.57.